The van der Waals surface area contributed by atoms with Crippen molar-refractivity contribution >= 4 is 43.2 Å². The zero-order valence-electron chi connectivity index (χ0n) is 15.7. The Morgan fingerprint density at radius 2 is 1.90 bits per heavy atom. The Morgan fingerprint density at radius 1 is 1.14 bits per heavy atom. The van der Waals surface area contributed by atoms with Crippen LogP contribution >= 0.6 is 15.9 Å². The molecule has 0 fully saturated rings. The maximum atomic E-state index is 12.9. The smallest absolute Gasteiger partial charge is 0.262 e. The summed E-state index contributed by atoms with van der Waals surface area (Å²) >= 11 is 3.37. The van der Waals surface area contributed by atoms with E-state index >= 15 is 0 Å². The summed E-state index contributed by atoms with van der Waals surface area (Å²) in [5.74, 6) is 0.227. The molecule has 3 rings (SSSR count). The van der Waals surface area contributed by atoms with Gasteiger partial charge in [-0.25, -0.2) is 8.42 Å². The van der Waals surface area contributed by atoms with Crippen LogP contribution in [0.2, 0.25) is 0 Å². The average molecular weight is 479 g/mol. The Morgan fingerprint density at radius 3 is 2.55 bits per heavy atom. The largest absolute Gasteiger partial charge is 0.493 e. The molecule has 0 saturated carbocycles. The van der Waals surface area contributed by atoms with Crippen LogP contribution in [0.3, 0.4) is 0 Å². The molecule has 0 atom stereocenters. The molecule has 1 amide bonds. The third-order valence-corrected chi connectivity index (χ3v) is 6.15. The Bertz CT molecular complexity index is 1130. The van der Waals surface area contributed by atoms with Gasteiger partial charge >= 0.3 is 0 Å². The first-order valence-electron chi connectivity index (χ1n) is 8.69. The standard InChI is InChI=1S/C20H19BrN2O5S/c1-3-28-18-7-6-16(10-17(18)21)23-29(25,26)19-11-15(5-4-13(19)2)22-20(24)14-8-9-27-12-14/h4-12,23H,3H2,1-2H3,(H,22,24). The molecule has 0 aliphatic rings. The van der Waals surface area contributed by atoms with E-state index in [1.54, 1.807) is 37.3 Å². The Labute approximate surface area is 177 Å². The summed E-state index contributed by atoms with van der Waals surface area (Å²) < 4.78 is 39.4. The van der Waals surface area contributed by atoms with E-state index in [9.17, 15) is 13.2 Å². The van der Waals surface area contributed by atoms with Crippen LogP contribution < -0.4 is 14.8 Å². The van der Waals surface area contributed by atoms with E-state index in [0.29, 0.717) is 39.3 Å². The van der Waals surface area contributed by atoms with Crippen molar-refractivity contribution in [3.8, 4) is 5.75 Å². The van der Waals surface area contributed by atoms with Crippen LogP contribution in [0.15, 0.2) is 68.8 Å². The number of carbonyl (C=O) groups excluding carboxylic acids is 1. The minimum atomic E-state index is -3.88. The lowest BCUT2D eigenvalue weighted by Crippen LogP contribution is -2.16. The number of anilines is 2. The molecule has 9 heteroatoms. The summed E-state index contributed by atoms with van der Waals surface area (Å²) in [7, 11) is -3.88. The third kappa shape index (κ3) is 4.99. The highest BCUT2D eigenvalue weighted by Gasteiger charge is 2.19. The van der Waals surface area contributed by atoms with Crippen LogP contribution in [0.5, 0.6) is 5.75 Å². The summed E-state index contributed by atoms with van der Waals surface area (Å²) in [6.45, 7) is 4.05. The van der Waals surface area contributed by atoms with Crippen molar-refractivity contribution in [1.82, 2.24) is 0 Å². The summed E-state index contributed by atoms with van der Waals surface area (Å²) in [4.78, 5) is 12.2. The number of halogens is 1. The predicted molar refractivity (Wildman–Crippen MR) is 114 cm³/mol. The first-order chi connectivity index (χ1) is 13.8. The Kier molecular flexibility index (Phi) is 6.29. The van der Waals surface area contributed by atoms with Gasteiger partial charge in [0.05, 0.1) is 33.5 Å². The molecule has 0 radical (unpaired) electrons. The molecule has 7 nitrogen and oxygen atoms in total. The summed E-state index contributed by atoms with van der Waals surface area (Å²) in [6, 6.07) is 11.1. The van der Waals surface area contributed by atoms with Crippen LogP contribution in [0, 0.1) is 6.92 Å². The van der Waals surface area contributed by atoms with Gasteiger partial charge in [-0.15, -0.1) is 0 Å². The summed E-state index contributed by atoms with van der Waals surface area (Å²) in [5.41, 5.74) is 1.62. The SMILES string of the molecule is CCOc1ccc(NS(=O)(=O)c2cc(NC(=O)c3ccoc3)ccc2C)cc1Br. The highest BCUT2D eigenvalue weighted by atomic mass is 79.9. The lowest BCUT2D eigenvalue weighted by molar-refractivity contribution is 0.102. The van der Waals surface area contributed by atoms with Gasteiger partial charge in [-0.05, 0) is 71.7 Å². The van der Waals surface area contributed by atoms with E-state index in [1.807, 2.05) is 6.92 Å². The number of hydrogen-bond acceptors (Lipinski definition) is 5. The molecule has 152 valence electrons. The number of furan rings is 1. The zero-order chi connectivity index (χ0) is 21.0. The van der Waals surface area contributed by atoms with Crippen LogP contribution in [-0.4, -0.2) is 20.9 Å². The molecule has 0 unspecified atom stereocenters. The fraction of sp³-hybridized carbons (Fsp3) is 0.150. The van der Waals surface area contributed by atoms with E-state index in [2.05, 4.69) is 26.0 Å². The van der Waals surface area contributed by atoms with Crippen molar-refractivity contribution in [1.29, 1.82) is 0 Å². The Balaban J connectivity index is 1.84. The molecule has 0 aliphatic heterocycles. The van der Waals surface area contributed by atoms with Crippen LogP contribution in [0.25, 0.3) is 0 Å². The maximum absolute atomic E-state index is 12.9. The normalized spacial score (nSPS) is 11.1. The molecular weight excluding hydrogens is 460 g/mol. The lowest BCUT2D eigenvalue weighted by Gasteiger charge is -2.14. The van der Waals surface area contributed by atoms with Crippen LogP contribution in [-0.2, 0) is 10.0 Å². The first kappa shape index (κ1) is 20.9. The van der Waals surface area contributed by atoms with Gasteiger partial charge in [0.1, 0.15) is 12.0 Å². The van der Waals surface area contributed by atoms with Gasteiger partial charge < -0.3 is 14.5 Å². The molecule has 3 aromatic rings. The number of rotatable bonds is 7. The summed E-state index contributed by atoms with van der Waals surface area (Å²) in [6.07, 6.45) is 2.70. The second-order valence-electron chi connectivity index (χ2n) is 6.13. The minimum Gasteiger partial charge on any atom is -0.493 e. The Hall–Kier alpha value is -2.78. The van der Waals surface area contributed by atoms with Crippen molar-refractivity contribution < 1.29 is 22.4 Å². The van der Waals surface area contributed by atoms with Crippen molar-refractivity contribution in [2.75, 3.05) is 16.6 Å². The number of carbonyl (C=O) groups is 1. The quantitative estimate of drug-likeness (QED) is 0.507. The van der Waals surface area contributed by atoms with Crippen molar-refractivity contribution in [2.45, 2.75) is 18.7 Å². The maximum Gasteiger partial charge on any atom is 0.262 e. The second kappa shape index (κ2) is 8.71. The molecule has 1 aromatic heterocycles. The van der Waals surface area contributed by atoms with Gasteiger partial charge in [-0.2, -0.15) is 0 Å². The zero-order valence-corrected chi connectivity index (χ0v) is 18.1. The monoisotopic (exact) mass is 478 g/mol. The van der Waals surface area contributed by atoms with Crippen molar-refractivity contribution in [2.24, 2.45) is 0 Å². The highest BCUT2D eigenvalue weighted by Crippen LogP contribution is 2.30. The predicted octanol–water partition coefficient (Wildman–Crippen LogP) is 4.80. The molecule has 0 aliphatic carbocycles. The number of ether oxygens (including phenoxy) is 1. The average Bonchev–Trinajstić information content (AvgIpc) is 3.20. The number of amides is 1. The molecular formula is C20H19BrN2O5S. The molecule has 2 N–H and O–H groups in total. The third-order valence-electron chi connectivity index (χ3n) is 4.00. The molecule has 29 heavy (non-hydrogen) atoms. The van der Waals surface area contributed by atoms with Gasteiger partial charge in [-0.3, -0.25) is 9.52 Å². The van der Waals surface area contributed by atoms with Gasteiger partial charge in [-0.1, -0.05) is 6.07 Å². The lowest BCUT2D eigenvalue weighted by atomic mass is 10.2. The van der Waals surface area contributed by atoms with Gasteiger partial charge in [0.2, 0.25) is 0 Å². The van der Waals surface area contributed by atoms with Crippen LogP contribution in [0.4, 0.5) is 11.4 Å². The molecule has 2 aromatic carbocycles. The highest BCUT2D eigenvalue weighted by molar-refractivity contribution is 9.10. The number of benzene rings is 2. The molecule has 0 spiro atoms. The van der Waals surface area contributed by atoms with Crippen LogP contribution in [0.1, 0.15) is 22.8 Å². The van der Waals surface area contributed by atoms with E-state index in [0.717, 1.165) is 0 Å². The number of hydrogen-bond donors (Lipinski definition) is 2. The minimum absolute atomic E-state index is 0.0625. The number of nitrogens with one attached hydrogen (secondary N) is 2. The molecule has 1 heterocycles. The molecule has 0 saturated heterocycles. The van der Waals surface area contributed by atoms with Gasteiger partial charge in [0.25, 0.3) is 15.9 Å². The second-order valence-corrected chi connectivity index (χ2v) is 8.64. The summed E-state index contributed by atoms with van der Waals surface area (Å²) in [5, 5.41) is 2.66. The topological polar surface area (TPSA) is 97.6 Å². The number of aryl methyl sites for hydroxylation is 1. The van der Waals surface area contributed by atoms with E-state index in [1.165, 1.54) is 24.7 Å². The molecule has 0 bridgehead atoms. The fourth-order valence-electron chi connectivity index (χ4n) is 2.61. The van der Waals surface area contributed by atoms with E-state index in [-0.39, 0.29) is 4.90 Å². The van der Waals surface area contributed by atoms with E-state index in [4.69, 9.17) is 9.15 Å². The first-order valence-corrected chi connectivity index (χ1v) is 11.0. The van der Waals surface area contributed by atoms with Crippen molar-refractivity contribution in [3.05, 3.63) is 70.6 Å². The van der Waals surface area contributed by atoms with Gasteiger partial charge in [0, 0.05) is 5.69 Å². The van der Waals surface area contributed by atoms with Crippen molar-refractivity contribution in [3.63, 3.8) is 0 Å². The fourth-order valence-corrected chi connectivity index (χ4v) is 4.43. The van der Waals surface area contributed by atoms with E-state index < -0.39 is 15.9 Å². The number of sulfonamides is 1. The van der Waals surface area contributed by atoms with Gasteiger partial charge in [0.15, 0.2) is 0 Å².